The molecule has 10 nitrogen and oxygen atoms in total. The van der Waals surface area contributed by atoms with E-state index in [1.54, 1.807) is 42.6 Å². The molecule has 0 radical (unpaired) electrons. The zero-order valence-electron chi connectivity index (χ0n) is 26.7. The minimum absolute atomic E-state index is 0.135. The molecule has 8 rings (SSSR count). The van der Waals surface area contributed by atoms with Crippen molar-refractivity contribution in [2.75, 3.05) is 10.6 Å². The van der Waals surface area contributed by atoms with E-state index in [2.05, 4.69) is 35.9 Å². The molecule has 0 aliphatic rings. The molecular formula is C38H23F4N9O. The third-order valence-corrected chi connectivity index (χ3v) is 7.77. The Morgan fingerprint density at radius 3 is 1.65 bits per heavy atom. The van der Waals surface area contributed by atoms with Gasteiger partial charge in [-0.3, -0.25) is 0 Å². The Hall–Kier alpha value is -7.22. The van der Waals surface area contributed by atoms with Crippen LogP contribution in [-0.2, 0) is 0 Å². The smallest absolute Gasteiger partial charge is 0.232 e. The summed E-state index contributed by atoms with van der Waals surface area (Å²) in [5, 5.41) is 14.7. The van der Waals surface area contributed by atoms with Crippen molar-refractivity contribution in [3.63, 3.8) is 0 Å². The highest BCUT2D eigenvalue weighted by atomic mass is 19.1. The maximum absolute atomic E-state index is 13.8. The molecule has 0 fully saturated rings. The second-order valence-electron chi connectivity index (χ2n) is 11.4. The van der Waals surface area contributed by atoms with Gasteiger partial charge in [-0.1, -0.05) is 11.3 Å². The van der Waals surface area contributed by atoms with Crippen molar-refractivity contribution in [2.24, 2.45) is 0 Å². The Morgan fingerprint density at radius 1 is 0.538 bits per heavy atom. The van der Waals surface area contributed by atoms with Crippen LogP contribution in [0.15, 0.2) is 132 Å². The number of oxazole rings is 1. The first-order chi connectivity index (χ1) is 25.3. The number of aromatic nitrogens is 7. The molecule has 0 spiro atoms. The van der Waals surface area contributed by atoms with Crippen LogP contribution in [0.5, 0.6) is 0 Å². The molecule has 52 heavy (non-hydrogen) atoms. The van der Waals surface area contributed by atoms with Crippen LogP contribution in [0.2, 0.25) is 0 Å². The van der Waals surface area contributed by atoms with E-state index >= 15 is 0 Å². The average molecular weight is 698 g/mol. The Balaban J connectivity index is 1.13. The Labute approximate surface area is 292 Å². The van der Waals surface area contributed by atoms with Gasteiger partial charge in [0.25, 0.3) is 0 Å². The number of anilines is 4. The topological polar surface area (TPSA) is 119 Å². The molecule has 0 aliphatic heterocycles. The summed E-state index contributed by atoms with van der Waals surface area (Å²) in [5.41, 5.74) is 4.23. The molecule has 5 aromatic carbocycles. The standard InChI is InChI=1S/C38H23F4N9O/c39-25-8-4-22(5-9-25)33-34(23-6-10-26(40)11-7-23)52-36(45-33)24-2-1-3-31(20-24)51-21-32(49-50-51)35-46-37(43-29-16-12-27(41)13-17-29)48-38(47-35)44-30-18-14-28(42)15-19-30/h1-21H,(H2,43,44,46,47,48). The fourth-order valence-corrected chi connectivity index (χ4v) is 5.24. The number of nitrogens with zero attached hydrogens (tertiary/aromatic N) is 7. The first-order valence-corrected chi connectivity index (χ1v) is 15.7. The van der Waals surface area contributed by atoms with Gasteiger partial charge in [0.1, 0.15) is 29.0 Å². The minimum atomic E-state index is -0.399. The third kappa shape index (κ3) is 6.93. The van der Waals surface area contributed by atoms with Crippen LogP contribution in [0.4, 0.5) is 40.8 Å². The van der Waals surface area contributed by atoms with Crippen molar-refractivity contribution in [1.82, 2.24) is 34.9 Å². The van der Waals surface area contributed by atoms with Crippen molar-refractivity contribution in [3.8, 4) is 51.2 Å². The number of nitrogens with one attached hydrogen (secondary N) is 2. The van der Waals surface area contributed by atoms with Crippen molar-refractivity contribution < 1.29 is 22.0 Å². The monoisotopic (exact) mass is 697 g/mol. The normalized spacial score (nSPS) is 11.1. The number of rotatable bonds is 9. The lowest BCUT2D eigenvalue weighted by molar-refractivity contribution is 0.588. The van der Waals surface area contributed by atoms with Crippen molar-refractivity contribution >= 4 is 23.3 Å². The molecule has 0 bridgehead atoms. The SMILES string of the molecule is Fc1ccc(Nc2nc(Nc3ccc(F)cc3)nc(-c3cn(-c4cccc(-c5nc(-c6ccc(F)cc6)c(-c6ccc(F)cc6)o5)c4)nn3)n2)cc1. The van der Waals surface area contributed by atoms with Crippen LogP contribution in [0, 0.1) is 23.3 Å². The highest BCUT2D eigenvalue weighted by Crippen LogP contribution is 2.36. The molecule has 14 heteroatoms. The van der Waals surface area contributed by atoms with Crippen LogP contribution in [0.25, 0.3) is 51.2 Å². The molecule has 254 valence electrons. The van der Waals surface area contributed by atoms with Crippen LogP contribution in [0.1, 0.15) is 0 Å². The summed E-state index contributed by atoms with van der Waals surface area (Å²) in [4.78, 5) is 18.2. The van der Waals surface area contributed by atoms with Crippen molar-refractivity contribution in [1.29, 1.82) is 0 Å². The largest absolute Gasteiger partial charge is 0.435 e. The molecular weight excluding hydrogens is 674 g/mol. The Morgan fingerprint density at radius 2 is 1.08 bits per heavy atom. The summed E-state index contributed by atoms with van der Waals surface area (Å²) < 4.78 is 62.4. The fourth-order valence-electron chi connectivity index (χ4n) is 5.24. The summed E-state index contributed by atoms with van der Waals surface area (Å²) in [6.07, 6.45) is 1.63. The second kappa shape index (κ2) is 13.6. The van der Waals surface area contributed by atoms with Gasteiger partial charge in [-0.2, -0.15) is 15.0 Å². The van der Waals surface area contributed by atoms with Crippen molar-refractivity contribution in [3.05, 3.63) is 151 Å². The van der Waals surface area contributed by atoms with Gasteiger partial charge in [0, 0.05) is 28.1 Å². The Kier molecular flexibility index (Phi) is 8.37. The first-order valence-electron chi connectivity index (χ1n) is 15.7. The number of benzene rings is 5. The maximum Gasteiger partial charge on any atom is 0.232 e. The average Bonchev–Trinajstić information content (AvgIpc) is 3.84. The maximum atomic E-state index is 13.8. The molecule has 0 unspecified atom stereocenters. The van der Waals surface area contributed by atoms with Crippen LogP contribution < -0.4 is 10.6 Å². The molecule has 0 atom stereocenters. The van der Waals surface area contributed by atoms with Gasteiger partial charge in [-0.15, -0.1) is 5.10 Å². The summed E-state index contributed by atoms with van der Waals surface area (Å²) in [6.45, 7) is 0. The quantitative estimate of drug-likeness (QED) is 0.142. The lowest BCUT2D eigenvalue weighted by atomic mass is 10.1. The number of halogens is 4. The van der Waals surface area contributed by atoms with E-state index in [0.29, 0.717) is 50.9 Å². The predicted octanol–water partition coefficient (Wildman–Crippen LogP) is 9.15. The first kappa shape index (κ1) is 32.0. The summed E-state index contributed by atoms with van der Waals surface area (Å²) in [6, 6.07) is 30.2. The Bertz CT molecular complexity index is 2370. The van der Waals surface area contributed by atoms with Gasteiger partial charge >= 0.3 is 0 Å². The number of hydrogen-bond donors (Lipinski definition) is 2. The summed E-state index contributed by atoms with van der Waals surface area (Å²) >= 11 is 0. The minimum Gasteiger partial charge on any atom is -0.435 e. The van der Waals surface area contributed by atoms with Crippen molar-refractivity contribution in [2.45, 2.75) is 0 Å². The van der Waals surface area contributed by atoms with Crippen LogP contribution >= 0.6 is 0 Å². The second-order valence-corrected chi connectivity index (χ2v) is 11.4. The number of hydrogen-bond acceptors (Lipinski definition) is 9. The van der Waals surface area contributed by atoms with E-state index in [0.717, 1.165) is 0 Å². The predicted molar refractivity (Wildman–Crippen MR) is 186 cm³/mol. The van der Waals surface area contributed by atoms with Gasteiger partial charge in [0.15, 0.2) is 17.3 Å². The summed E-state index contributed by atoms with van der Waals surface area (Å²) in [5.74, 6) is -0.501. The third-order valence-electron chi connectivity index (χ3n) is 7.77. The molecule has 0 aliphatic carbocycles. The van der Waals surface area contributed by atoms with E-state index in [9.17, 15) is 17.6 Å². The molecule has 3 heterocycles. The molecule has 0 amide bonds. The molecule has 0 saturated heterocycles. The highest BCUT2D eigenvalue weighted by Gasteiger charge is 2.20. The summed E-state index contributed by atoms with van der Waals surface area (Å²) in [7, 11) is 0. The van der Waals surface area contributed by atoms with E-state index in [4.69, 9.17) is 9.40 Å². The molecule has 8 aromatic rings. The molecule has 3 aromatic heterocycles. The van der Waals surface area contributed by atoms with Crippen LogP contribution in [0.3, 0.4) is 0 Å². The van der Waals surface area contributed by atoms with E-state index in [1.807, 2.05) is 12.1 Å². The lowest BCUT2D eigenvalue weighted by Gasteiger charge is -2.09. The zero-order valence-corrected chi connectivity index (χ0v) is 26.7. The zero-order chi connectivity index (χ0) is 35.6. The lowest BCUT2D eigenvalue weighted by Crippen LogP contribution is -2.05. The van der Waals surface area contributed by atoms with E-state index in [-0.39, 0.29) is 23.6 Å². The highest BCUT2D eigenvalue weighted by molar-refractivity contribution is 5.79. The van der Waals surface area contributed by atoms with E-state index in [1.165, 1.54) is 77.5 Å². The van der Waals surface area contributed by atoms with Gasteiger partial charge in [0.05, 0.1) is 11.9 Å². The fraction of sp³-hybridized carbons (Fsp3) is 0. The molecule has 0 saturated carbocycles. The van der Waals surface area contributed by atoms with Gasteiger partial charge in [0.2, 0.25) is 17.8 Å². The van der Waals surface area contributed by atoms with Gasteiger partial charge < -0.3 is 15.1 Å². The van der Waals surface area contributed by atoms with E-state index < -0.39 is 23.3 Å². The van der Waals surface area contributed by atoms with Crippen LogP contribution in [-0.4, -0.2) is 34.9 Å². The molecule has 2 N–H and O–H groups in total. The van der Waals surface area contributed by atoms with Gasteiger partial charge in [-0.05, 0) is 115 Å². The van der Waals surface area contributed by atoms with Gasteiger partial charge in [-0.25, -0.2) is 27.2 Å².